The maximum Gasteiger partial charge on any atom is 0.170 e. The first kappa shape index (κ1) is 14.4. The summed E-state index contributed by atoms with van der Waals surface area (Å²) in [5, 5.41) is 3.85. The number of rotatable bonds is 5. The first-order chi connectivity index (χ1) is 9.13. The molecule has 2 rings (SSSR count). The van der Waals surface area contributed by atoms with Gasteiger partial charge in [0.1, 0.15) is 5.75 Å². The van der Waals surface area contributed by atoms with Crippen molar-refractivity contribution in [3.05, 3.63) is 28.8 Å². The summed E-state index contributed by atoms with van der Waals surface area (Å²) in [7, 11) is 1.56. The highest BCUT2D eigenvalue weighted by molar-refractivity contribution is 6.32. The van der Waals surface area contributed by atoms with Crippen molar-refractivity contribution in [1.29, 1.82) is 0 Å². The summed E-state index contributed by atoms with van der Waals surface area (Å²) >= 11 is 6.01. The summed E-state index contributed by atoms with van der Waals surface area (Å²) in [4.78, 5) is 12.8. The quantitative estimate of drug-likeness (QED) is 0.842. The van der Waals surface area contributed by atoms with Gasteiger partial charge in [-0.05, 0) is 37.6 Å². The SMILES string of the molecule is CCCC1(C(=O)c2ccc(Cl)c(OC)c2)CCNC1. The fraction of sp³-hybridized carbons (Fsp3) is 0.533. The fourth-order valence-electron chi connectivity index (χ4n) is 2.85. The number of carbonyl (C=O) groups is 1. The van der Waals surface area contributed by atoms with E-state index in [4.69, 9.17) is 16.3 Å². The first-order valence-electron chi connectivity index (χ1n) is 6.72. The molecule has 1 fully saturated rings. The van der Waals surface area contributed by atoms with Gasteiger partial charge in [-0.15, -0.1) is 0 Å². The summed E-state index contributed by atoms with van der Waals surface area (Å²) < 4.78 is 5.19. The fourth-order valence-corrected chi connectivity index (χ4v) is 3.04. The van der Waals surface area contributed by atoms with Crippen LogP contribution in [0.1, 0.15) is 36.5 Å². The van der Waals surface area contributed by atoms with Crippen molar-refractivity contribution >= 4 is 17.4 Å². The summed E-state index contributed by atoms with van der Waals surface area (Å²) in [5.41, 5.74) is 0.437. The van der Waals surface area contributed by atoms with Gasteiger partial charge in [0.2, 0.25) is 0 Å². The predicted molar refractivity (Wildman–Crippen MR) is 77.2 cm³/mol. The molecule has 1 atom stereocenters. The summed E-state index contributed by atoms with van der Waals surface area (Å²) in [6.45, 7) is 3.80. The number of halogens is 1. The average Bonchev–Trinajstić information content (AvgIpc) is 2.89. The molecule has 0 bridgehead atoms. The lowest BCUT2D eigenvalue weighted by molar-refractivity contribution is 0.0801. The Kier molecular flexibility index (Phi) is 4.48. The van der Waals surface area contributed by atoms with E-state index in [9.17, 15) is 4.79 Å². The molecule has 1 aliphatic rings. The monoisotopic (exact) mass is 281 g/mol. The van der Waals surface area contributed by atoms with Crippen molar-refractivity contribution in [3.8, 4) is 5.75 Å². The van der Waals surface area contributed by atoms with Gasteiger partial charge >= 0.3 is 0 Å². The minimum atomic E-state index is -0.256. The van der Waals surface area contributed by atoms with Gasteiger partial charge in [0, 0.05) is 17.5 Å². The van der Waals surface area contributed by atoms with E-state index in [1.807, 2.05) is 0 Å². The zero-order valence-electron chi connectivity index (χ0n) is 11.5. The Labute approximate surface area is 119 Å². The van der Waals surface area contributed by atoms with Gasteiger partial charge in [0.05, 0.1) is 12.1 Å². The summed E-state index contributed by atoms with van der Waals surface area (Å²) in [6, 6.07) is 5.28. The van der Waals surface area contributed by atoms with Crippen LogP contribution in [0, 0.1) is 5.41 Å². The Morgan fingerprint density at radius 2 is 2.32 bits per heavy atom. The normalized spacial score (nSPS) is 22.5. The maximum absolute atomic E-state index is 12.8. The number of benzene rings is 1. The first-order valence-corrected chi connectivity index (χ1v) is 7.10. The second-order valence-electron chi connectivity index (χ2n) is 5.14. The van der Waals surface area contributed by atoms with Crippen molar-refractivity contribution in [2.24, 2.45) is 5.41 Å². The van der Waals surface area contributed by atoms with Crippen molar-refractivity contribution in [1.82, 2.24) is 5.32 Å². The van der Waals surface area contributed by atoms with E-state index < -0.39 is 0 Å². The Balaban J connectivity index is 2.32. The molecule has 0 saturated carbocycles. The largest absolute Gasteiger partial charge is 0.495 e. The van der Waals surface area contributed by atoms with E-state index in [-0.39, 0.29) is 11.2 Å². The highest BCUT2D eigenvalue weighted by Crippen LogP contribution is 2.36. The second-order valence-corrected chi connectivity index (χ2v) is 5.54. The molecule has 1 aliphatic heterocycles. The van der Waals surface area contributed by atoms with Crippen LogP contribution in [0.4, 0.5) is 0 Å². The lowest BCUT2D eigenvalue weighted by atomic mass is 9.76. The zero-order valence-corrected chi connectivity index (χ0v) is 12.2. The van der Waals surface area contributed by atoms with E-state index in [2.05, 4.69) is 12.2 Å². The van der Waals surface area contributed by atoms with E-state index in [1.54, 1.807) is 25.3 Å². The summed E-state index contributed by atoms with van der Waals surface area (Å²) in [5.74, 6) is 0.763. The van der Waals surface area contributed by atoms with Crippen LogP contribution >= 0.6 is 11.6 Å². The molecule has 1 aromatic carbocycles. The van der Waals surface area contributed by atoms with Gasteiger partial charge in [-0.3, -0.25) is 4.79 Å². The molecule has 4 heteroatoms. The minimum absolute atomic E-state index is 0.203. The van der Waals surface area contributed by atoms with Gasteiger partial charge in [0.15, 0.2) is 5.78 Å². The van der Waals surface area contributed by atoms with Crippen LogP contribution in [0.25, 0.3) is 0 Å². The Morgan fingerprint density at radius 1 is 1.53 bits per heavy atom. The van der Waals surface area contributed by atoms with Crippen molar-refractivity contribution in [3.63, 3.8) is 0 Å². The molecule has 1 unspecified atom stereocenters. The molecular formula is C15H20ClNO2. The molecule has 1 aromatic rings. The molecule has 0 aliphatic carbocycles. The van der Waals surface area contributed by atoms with E-state index in [1.165, 1.54) is 0 Å². The van der Waals surface area contributed by atoms with Crippen LogP contribution in [0.2, 0.25) is 5.02 Å². The highest BCUT2D eigenvalue weighted by atomic mass is 35.5. The number of carbonyl (C=O) groups excluding carboxylic acids is 1. The topological polar surface area (TPSA) is 38.3 Å². The van der Waals surface area contributed by atoms with E-state index >= 15 is 0 Å². The molecule has 0 spiro atoms. The number of nitrogens with one attached hydrogen (secondary N) is 1. The Morgan fingerprint density at radius 3 is 2.89 bits per heavy atom. The van der Waals surface area contributed by atoms with E-state index in [0.717, 1.165) is 32.4 Å². The molecular weight excluding hydrogens is 262 g/mol. The van der Waals surface area contributed by atoms with Gasteiger partial charge in [-0.2, -0.15) is 0 Å². The van der Waals surface area contributed by atoms with Crippen LogP contribution < -0.4 is 10.1 Å². The highest BCUT2D eigenvalue weighted by Gasteiger charge is 2.40. The smallest absolute Gasteiger partial charge is 0.170 e. The lowest BCUT2D eigenvalue weighted by Gasteiger charge is -2.26. The van der Waals surface area contributed by atoms with Gasteiger partial charge < -0.3 is 10.1 Å². The molecule has 1 N–H and O–H groups in total. The summed E-state index contributed by atoms with van der Waals surface area (Å²) in [6.07, 6.45) is 2.84. The molecule has 104 valence electrons. The zero-order chi connectivity index (χ0) is 13.9. The second kappa shape index (κ2) is 5.93. The maximum atomic E-state index is 12.8. The van der Waals surface area contributed by atoms with Gasteiger partial charge in [0.25, 0.3) is 0 Å². The molecule has 1 heterocycles. The molecule has 0 radical (unpaired) electrons. The number of ketones is 1. The van der Waals surface area contributed by atoms with Crippen LogP contribution in [0.3, 0.4) is 0 Å². The lowest BCUT2D eigenvalue weighted by Crippen LogP contribution is -2.33. The van der Waals surface area contributed by atoms with Crippen molar-refractivity contribution in [2.75, 3.05) is 20.2 Å². The predicted octanol–water partition coefficient (Wildman–Crippen LogP) is 3.31. The molecule has 0 amide bonds. The third-order valence-corrected chi connectivity index (χ3v) is 4.18. The van der Waals surface area contributed by atoms with Crippen LogP contribution in [-0.4, -0.2) is 26.0 Å². The average molecular weight is 282 g/mol. The number of hydrogen-bond donors (Lipinski definition) is 1. The third kappa shape index (κ3) is 2.77. The van der Waals surface area contributed by atoms with Gasteiger partial charge in [-0.1, -0.05) is 24.9 Å². The number of ether oxygens (including phenoxy) is 1. The molecule has 0 aromatic heterocycles. The van der Waals surface area contributed by atoms with Crippen molar-refractivity contribution < 1.29 is 9.53 Å². The van der Waals surface area contributed by atoms with Crippen LogP contribution in [0.5, 0.6) is 5.75 Å². The van der Waals surface area contributed by atoms with Crippen LogP contribution in [0.15, 0.2) is 18.2 Å². The van der Waals surface area contributed by atoms with Crippen molar-refractivity contribution in [2.45, 2.75) is 26.2 Å². The number of methoxy groups -OCH3 is 1. The molecule has 1 saturated heterocycles. The number of Topliss-reactive ketones (excluding diaryl/α,β-unsaturated/α-hetero) is 1. The molecule has 3 nitrogen and oxygen atoms in total. The van der Waals surface area contributed by atoms with E-state index in [0.29, 0.717) is 16.3 Å². The standard InChI is InChI=1S/C15H20ClNO2/c1-3-6-15(7-8-17-10-15)14(18)11-4-5-12(16)13(9-11)19-2/h4-5,9,17H,3,6-8,10H2,1-2H3. The molecule has 19 heavy (non-hydrogen) atoms. The third-order valence-electron chi connectivity index (χ3n) is 3.87. The number of hydrogen-bond acceptors (Lipinski definition) is 3. The van der Waals surface area contributed by atoms with Gasteiger partial charge in [-0.25, -0.2) is 0 Å². The minimum Gasteiger partial charge on any atom is -0.495 e. The Bertz CT molecular complexity index is 467. The Hall–Kier alpha value is -1.06. The van der Waals surface area contributed by atoms with Crippen LogP contribution in [-0.2, 0) is 0 Å².